The fourth-order valence-electron chi connectivity index (χ4n) is 3.03. The summed E-state index contributed by atoms with van der Waals surface area (Å²) < 4.78 is 5.35. The molecule has 0 spiro atoms. The first-order valence-corrected chi connectivity index (χ1v) is 10.2. The van der Waals surface area contributed by atoms with Gasteiger partial charge in [0.25, 0.3) is 0 Å². The maximum absolute atomic E-state index is 13.2. The van der Waals surface area contributed by atoms with Crippen LogP contribution in [0, 0.1) is 6.92 Å². The second-order valence-corrected chi connectivity index (χ2v) is 8.19. The second-order valence-electron chi connectivity index (χ2n) is 8.19. The van der Waals surface area contributed by atoms with E-state index >= 15 is 0 Å². The molecule has 158 valence electrons. The molecule has 1 aromatic heterocycles. The summed E-state index contributed by atoms with van der Waals surface area (Å²) >= 11 is 0. The number of fused-ring (bicyclic) bond motifs is 1. The third kappa shape index (κ3) is 6.69. The van der Waals surface area contributed by atoms with Crippen LogP contribution in [0.2, 0.25) is 0 Å². The minimum Gasteiger partial charge on any atom is -0.444 e. The molecular weight excluding hydrogens is 368 g/mol. The van der Waals surface area contributed by atoms with Crippen LogP contribution >= 0.6 is 0 Å². The van der Waals surface area contributed by atoms with Crippen molar-refractivity contribution < 1.29 is 14.3 Å². The Morgan fingerprint density at radius 2 is 1.83 bits per heavy atom. The highest BCUT2D eigenvalue weighted by molar-refractivity contribution is 6.08. The van der Waals surface area contributed by atoms with E-state index in [0.717, 1.165) is 24.1 Å². The Kier molecular flexibility index (Phi) is 7.53. The summed E-state index contributed by atoms with van der Waals surface area (Å²) in [6, 6.07) is 3.78. The van der Waals surface area contributed by atoms with Gasteiger partial charge in [0, 0.05) is 36.3 Å². The van der Waals surface area contributed by atoms with Crippen molar-refractivity contribution in [1.29, 1.82) is 0 Å². The number of rotatable bonds is 5. The number of hydrogen-bond donors (Lipinski definition) is 1. The van der Waals surface area contributed by atoms with Crippen LogP contribution < -0.4 is 5.32 Å². The van der Waals surface area contributed by atoms with Gasteiger partial charge >= 0.3 is 6.09 Å². The van der Waals surface area contributed by atoms with Crippen molar-refractivity contribution in [2.24, 2.45) is 4.99 Å². The molecular formula is C22H32N4O3. The Balaban J connectivity index is 2.38. The van der Waals surface area contributed by atoms with E-state index in [2.05, 4.69) is 29.1 Å². The number of pyridine rings is 1. The topological polar surface area (TPSA) is 83.9 Å². The van der Waals surface area contributed by atoms with Crippen molar-refractivity contribution in [3.63, 3.8) is 0 Å². The molecule has 0 aromatic carbocycles. The third-order valence-electron chi connectivity index (χ3n) is 4.17. The van der Waals surface area contributed by atoms with Crippen LogP contribution in [0.25, 0.3) is 6.08 Å². The number of nitrogens with one attached hydrogen (secondary N) is 1. The van der Waals surface area contributed by atoms with Crippen LogP contribution in [-0.4, -0.2) is 46.4 Å². The lowest BCUT2D eigenvalue weighted by Crippen LogP contribution is -2.38. The van der Waals surface area contributed by atoms with Crippen LogP contribution in [0.5, 0.6) is 0 Å². The summed E-state index contributed by atoms with van der Waals surface area (Å²) in [5, 5.41) is 2.70. The minimum atomic E-state index is -0.629. The number of amides is 2. The van der Waals surface area contributed by atoms with Gasteiger partial charge in [-0.1, -0.05) is 13.8 Å². The van der Waals surface area contributed by atoms with Crippen molar-refractivity contribution in [3.05, 3.63) is 29.0 Å². The molecule has 0 fully saturated rings. The van der Waals surface area contributed by atoms with E-state index in [-0.39, 0.29) is 12.3 Å². The molecule has 0 saturated heterocycles. The SMILES string of the molecule is CCCN(CCC)C(=O)C1=Cc2ccc(C)nc2N=C(NC(=O)OC(C)(C)C)C1. The molecule has 1 aliphatic rings. The number of carbonyl (C=O) groups is 2. The van der Waals surface area contributed by atoms with Crippen LogP contribution in [0.15, 0.2) is 22.7 Å². The third-order valence-corrected chi connectivity index (χ3v) is 4.17. The number of alkyl carbamates (subject to hydrolysis) is 1. The summed E-state index contributed by atoms with van der Waals surface area (Å²) in [6.07, 6.45) is 3.20. The fourth-order valence-corrected chi connectivity index (χ4v) is 3.03. The molecule has 7 heteroatoms. The average molecular weight is 401 g/mol. The van der Waals surface area contributed by atoms with Gasteiger partial charge < -0.3 is 9.64 Å². The molecule has 0 radical (unpaired) electrons. The molecule has 2 rings (SSSR count). The zero-order valence-electron chi connectivity index (χ0n) is 18.3. The molecule has 0 bridgehead atoms. The molecule has 7 nitrogen and oxygen atoms in total. The number of ether oxygens (including phenoxy) is 1. The van der Waals surface area contributed by atoms with Crippen molar-refractivity contribution in [2.75, 3.05) is 13.1 Å². The van der Waals surface area contributed by atoms with Gasteiger partial charge in [0.05, 0.1) is 0 Å². The van der Waals surface area contributed by atoms with E-state index in [1.165, 1.54) is 0 Å². The quantitative estimate of drug-likeness (QED) is 0.795. The predicted octanol–water partition coefficient (Wildman–Crippen LogP) is 4.38. The van der Waals surface area contributed by atoms with Gasteiger partial charge in [0.15, 0.2) is 5.82 Å². The molecule has 2 heterocycles. The van der Waals surface area contributed by atoms with E-state index in [1.54, 1.807) is 20.8 Å². The summed E-state index contributed by atoms with van der Waals surface area (Å²) in [4.78, 5) is 36.3. The summed E-state index contributed by atoms with van der Waals surface area (Å²) in [6.45, 7) is 12.7. The lowest BCUT2D eigenvalue weighted by Gasteiger charge is -2.23. The number of aliphatic imine (C=N–C) groups is 1. The molecule has 0 saturated carbocycles. The molecule has 1 aliphatic heterocycles. The fraction of sp³-hybridized carbons (Fsp3) is 0.545. The minimum absolute atomic E-state index is 0.0409. The van der Waals surface area contributed by atoms with E-state index < -0.39 is 11.7 Å². The van der Waals surface area contributed by atoms with Crippen molar-refractivity contribution in [1.82, 2.24) is 15.2 Å². The van der Waals surface area contributed by atoms with Crippen molar-refractivity contribution in [2.45, 2.75) is 66.4 Å². The second kappa shape index (κ2) is 9.67. The Morgan fingerprint density at radius 3 is 2.41 bits per heavy atom. The molecule has 1 N–H and O–H groups in total. The van der Waals surface area contributed by atoms with E-state index in [9.17, 15) is 9.59 Å². The normalized spacial score (nSPS) is 13.6. The van der Waals surface area contributed by atoms with Crippen LogP contribution in [0.3, 0.4) is 0 Å². The number of aryl methyl sites for hydroxylation is 1. The van der Waals surface area contributed by atoms with E-state index in [1.807, 2.05) is 30.0 Å². The largest absolute Gasteiger partial charge is 0.444 e. The summed E-state index contributed by atoms with van der Waals surface area (Å²) in [5.41, 5.74) is 1.51. The van der Waals surface area contributed by atoms with Gasteiger partial charge in [-0.15, -0.1) is 0 Å². The van der Waals surface area contributed by atoms with Gasteiger partial charge in [-0.3, -0.25) is 10.1 Å². The Morgan fingerprint density at radius 1 is 1.17 bits per heavy atom. The van der Waals surface area contributed by atoms with Crippen molar-refractivity contribution in [3.8, 4) is 0 Å². The van der Waals surface area contributed by atoms with Gasteiger partial charge in [-0.05, 0) is 58.7 Å². The molecule has 2 amide bonds. The Labute approximate surface area is 173 Å². The van der Waals surface area contributed by atoms with Crippen LogP contribution in [0.4, 0.5) is 10.6 Å². The molecule has 0 unspecified atom stereocenters. The highest BCUT2D eigenvalue weighted by atomic mass is 16.6. The number of hydrogen-bond acceptors (Lipinski definition) is 5. The molecule has 29 heavy (non-hydrogen) atoms. The number of amidine groups is 1. The average Bonchev–Trinajstić information content (AvgIpc) is 2.77. The molecule has 0 atom stereocenters. The van der Waals surface area contributed by atoms with Crippen LogP contribution in [0.1, 0.15) is 65.1 Å². The van der Waals surface area contributed by atoms with E-state index in [0.29, 0.717) is 30.3 Å². The first-order valence-electron chi connectivity index (χ1n) is 10.2. The highest BCUT2D eigenvalue weighted by Crippen LogP contribution is 2.26. The van der Waals surface area contributed by atoms with Gasteiger partial charge in [0.2, 0.25) is 5.91 Å². The maximum atomic E-state index is 13.2. The van der Waals surface area contributed by atoms with Crippen molar-refractivity contribution >= 4 is 29.7 Å². The lowest BCUT2D eigenvalue weighted by molar-refractivity contribution is -0.127. The molecule has 0 aliphatic carbocycles. The monoisotopic (exact) mass is 400 g/mol. The van der Waals surface area contributed by atoms with E-state index in [4.69, 9.17) is 4.74 Å². The number of aromatic nitrogens is 1. The predicted molar refractivity (Wildman–Crippen MR) is 115 cm³/mol. The van der Waals surface area contributed by atoms with Gasteiger partial charge in [-0.2, -0.15) is 0 Å². The smallest absolute Gasteiger partial charge is 0.413 e. The van der Waals surface area contributed by atoms with Crippen LogP contribution in [-0.2, 0) is 9.53 Å². The summed E-state index contributed by atoms with van der Waals surface area (Å²) in [5.74, 6) is 0.792. The van der Waals surface area contributed by atoms with Gasteiger partial charge in [-0.25, -0.2) is 14.8 Å². The maximum Gasteiger partial charge on any atom is 0.413 e. The zero-order valence-corrected chi connectivity index (χ0v) is 18.3. The Hall–Kier alpha value is -2.70. The highest BCUT2D eigenvalue weighted by Gasteiger charge is 2.24. The molecule has 1 aromatic rings. The zero-order chi connectivity index (χ0) is 21.6. The summed E-state index contributed by atoms with van der Waals surface area (Å²) in [7, 11) is 0. The lowest BCUT2D eigenvalue weighted by atomic mass is 10.1. The van der Waals surface area contributed by atoms with Gasteiger partial charge in [0.1, 0.15) is 11.4 Å². The first kappa shape index (κ1) is 22.6. The number of nitrogens with zero attached hydrogens (tertiary/aromatic N) is 3. The standard InChI is InChI=1S/C22H32N4O3/c1-7-11-26(12-8-2)20(27)17-13-16-10-9-15(3)23-19(16)24-18(14-17)25-21(28)29-22(4,5)6/h9-10,13H,7-8,11-12,14H2,1-6H3,(H,23,24,25,28). The number of carbonyl (C=O) groups excluding carboxylic acids is 2. The first-order chi connectivity index (χ1) is 13.6. The Bertz CT molecular complexity index is 816.